The average molecular weight is 418 g/mol. The summed E-state index contributed by atoms with van der Waals surface area (Å²) in [5.41, 5.74) is 2.61. The van der Waals surface area contributed by atoms with Crippen molar-refractivity contribution in [3.8, 4) is 11.5 Å². The molecule has 0 aliphatic rings. The number of rotatable bonds is 7. The predicted octanol–water partition coefficient (Wildman–Crippen LogP) is 3.36. The molecule has 26 heavy (non-hydrogen) atoms. The Hall–Kier alpha value is -2.54. The zero-order valence-electron chi connectivity index (χ0n) is 14.7. The number of amides is 1. The highest BCUT2D eigenvalue weighted by atomic mass is 79.9. The van der Waals surface area contributed by atoms with Crippen molar-refractivity contribution in [2.24, 2.45) is 0 Å². The van der Waals surface area contributed by atoms with Crippen molar-refractivity contribution in [3.63, 3.8) is 0 Å². The first kappa shape index (κ1) is 18.3. The summed E-state index contributed by atoms with van der Waals surface area (Å²) in [7, 11) is 3.23. The molecule has 0 unspecified atom stereocenters. The Morgan fingerprint density at radius 2 is 2.04 bits per heavy atom. The number of aromatic nitrogens is 2. The summed E-state index contributed by atoms with van der Waals surface area (Å²) in [6.07, 6.45) is 4.78. The number of nitrogens with one attached hydrogen (secondary N) is 1. The van der Waals surface area contributed by atoms with Crippen LogP contribution in [0.4, 0.5) is 0 Å². The summed E-state index contributed by atoms with van der Waals surface area (Å²) in [5, 5.41) is 2.91. The number of fused-ring (bicyclic) bond motifs is 1. The summed E-state index contributed by atoms with van der Waals surface area (Å²) >= 11 is 3.43. The highest BCUT2D eigenvalue weighted by molar-refractivity contribution is 9.10. The lowest BCUT2D eigenvalue weighted by Crippen LogP contribution is -2.23. The number of aryl methyl sites for hydroxylation is 1. The number of nitrogens with zero attached hydrogens (tertiary/aromatic N) is 2. The van der Waals surface area contributed by atoms with E-state index in [-0.39, 0.29) is 5.91 Å². The minimum Gasteiger partial charge on any atom is -0.497 e. The summed E-state index contributed by atoms with van der Waals surface area (Å²) in [4.78, 5) is 16.7. The molecule has 6 nitrogen and oxygen atoms in total. The van der Waals surface area contributed by atoms with Gasteiger partial charge in [0, 0.05) is 23.3 Å². The predicted molar refractivity (Wildman–Crippen MR) is 103 cm³/mol. The van der Waals surface area contributed by atoms with Gasteiger partial charge in [0.1, 0.15) is 17.1 Å². The zero-order chi connectivity index (χ0) is 18.5. The zero-order valence-corrected chi connectivity index (χ0v) is 16.2. The highest BCUT2D eigenvalue weighted by Gasteiger charge is 2.09. The fraction of sp³-hybridized carbons (Fsp3) is 0.263. The summed E-state index contributed by atoms with van der Waals surface area (Å²) in [6.45, 7) is 0.396. The second-order valence-corrected chi connectivity index (χ2v) is 6.72. The number of methoxy groups -OCH3 is 2. The van der Waals surface area contributed by atoms with Crippen molar-refractivity contribution in [3.05, 3.63) is 58.5 Å². The lowest BCUT2D eigenvalue weighted by Gasteiger charge is -2.10. The Bertz CT molecular complexity index is 924. The monoisotopic (exact) mass is 417 g/mol. The van der Waals surface area contributed by atoms with Crippen molar-refractivity contribution in [2.45, 2.75) is 19.4 Å². The van der Waals surface area contributed by atoms with Crippen LogP contribution in [0.1, 0.15) is 17.7 Å². The van der Waals surface area contributed by atoms with Crippen LogP contribution in [0.5, 0.6) is 11.5 Å². The van der Waals surface area contributed by atoms with Crippen molar-refractivity contribution in [2.75, 3.05) is 14.2 Å². The molecule has 0 aliphatic carbocycles. The van der Waals surface area contributed by atoms with Gasteiger partial charge in [-0.3, -0.25) is 4.79 Å². The van der Waals surface area contributed by atoms with Crippen LogP contribution in [-0.4, -0.2) is 29.5 Å². The number of pyridine rings is 1. The summed E-state index contributed by atoms with van der Waals surface area (Å²) in [6, 6.07) is 9.44. The van der Waals surface area contributed by atoms with Gasteiger partial charge in [-0.2, -0.15) is 0 Å². The van der Waals surface area contributed by atoms with Gasteiger partial charge in [0.25, 0.3) is 0 Å². The maximum atomic E-state index is 12.2. The van der Waals surface area contributed by atoms with E-state index in [9.17, 15) is 4.79 Å². The van der Waals surface area contributed by atoms with E-state index in [0.717, 1.165) is 32.9 Å². The number of hydrogen-bond donors (Lipinski definition) is 1. The molecule has 1 aromatic carbocycles. The molecule has 0 saturated heterocycles. The smallest absolute Gasteiger partial charge is 0.220 e. The largest absolute Gasteiger partial charge is 0.497 e. The number of carbonyl (C=O) groups excluding carboxylic acids is 1. The van der Waals surface area contributed by atoms with Gasteiger partial charge in [0.2, 0.25) is 5.91 Å². The number of carbonyl (C=O) groups is 1. The van der Waals surface area contributed by atoms with Crippen LogP contribution >= 0.6 is 15.9 Å². The Labute approximate surface area is 160 Å². The van der Waals surface area contributed by atoms with Gasteiger partial charge in [-0.05, 0) is 58.2 Å². The average Bonchev–Trinajstić information content (AvgIpc) is 3.06. The molecule has 7 heteroatoms. The molecule has 0 spiro atoms. The van der Waals surface area contributed by atoms with Crippen LogP contribution in [0.25, 0.3) is 5.65 Å². The van der Waals surface area contributed by atoms with Crippen LogP contribution < -0.4 is 14.8 Å². The maximum absolute atomic E-state index is 12.2. The van der Waals surface area contributed by atoms with Crippen molar-refractivity contribution in [1.82, 2.24) is 14.7 Å². The van der Waals surface area contributed by atoms with Gasteiger partial charge in [0.05, 0.1) is 26.5 Å². The van der Waals surface area contributed by atoms with Crippen LogP contribution in [0.2, 0.25) is 0 Å². The van der Waals surface area contributed by atoms with E-state index in [4.69, 9.17) is 9.47 Å². The van der Waals surface area contributed by atoms with Gasteiger partial charge in [-0.25, -0.2) is 4.98 Å². The molecule has 0 aliphatic heterocycles. The lowest BCUT2D eigenvalue weighted by atomic mass is 10.1. The Morgan fingerprint density at radius 1 is 1.19 bits per heavy atom. The Balaban J connectivity index is 1.57. The second-order valence-electron chi connectivity index (χ2n) is 5.80. The van der Waals surface area contributed by atoms with Gasteiger partial charge in [-0.15, -0.1) is 0 Å². The van der Waals surface area contributed by atoms with Gasteiger partial charge in [0.15, 0.2) is 0 Å². The first-order chi connectivity index (χ1) is 12.6. The van der Waals surface area contributed by atoms with Crippen LogP contribution in [0, 0.1) is 0 Å². The molecule has 0 fully saturated rings. The quantitative estimate of drug-likeness (QED) is 0.639. The first-order valence-electron chi connectivity index (χ1n) is 8.20. The summed E-state index contributed by atoms with van der Waals surface area (Å²) < 4.78 is 13.5. The number of halogens is 1. The van der Waals surface area contributed by atoms with Crippen molar-refractivity contribution < 1.29 is 14.3 Å². The van der Waals surface area contributed by atoms with E-state index in [0.29, 0.717) is 19.4 Å². The second kappa shape index (κ2) is 8.23. The molecule has 2 heterocycles. The molecule has 0 radical (unpaired) electrons. The molecular formula is C19H20BrN3O3. The van der Waals surface area contributed by atoms with Crippen LogP contribution in [-0.2, 0) is 17.8 Å². The normalized spacial score (nSPS) is 10.7. The lowest BCUT2D eigenvalue weighted by molar-refractivity contribution is -0.121. The van der Waals surface area contributed by atoms with Gasteiger partial charge in [-0.1, -0.05) is 0 Å². The molecule has 0 atom stereocenters. The third-order valence-electron chi connectivity index (χ3n) is 4.04. The van der Waals surface area contributed by atoms with Gasteiger partial charge < -0.3 is 19.2 Å². The minimum atomic E-state index is -0.0342. The summed E-state index contributed by atoms with van der Waals surface area (Å²) in [5.74, 6) is 1.47. The molecular weight excluding hydrogens is 398 g/mol. The third kappa shape index (κ3) is 4.35. The standard InChI is InChI=1S/C19H20BrN3O3/c1-25-16-5-6-17(26-2)13(9-16)3-8-19(24)21-10-15-12-23-11-14(20)4-7-18(23)22-15/h4-7,9,11-12H,3,8,10H2,1-2H3,(H,21,24). The Kier molecular flexibility index (Phi) is 5.78. The van der Waals surface area contributed by atoms with Crippen molar-refractivity contribution in [1.29, 1.82) is 0 Å². The maximum Gasteiger partial charge on any atom is 0.220 e. The number of imidazole rings is 1. The van der Waals surface area contributed by atoms with Gasteiger partial charge >= 0.3 is 0 Å². The minimum absolute atomic E-state index is 0.0342. The fourth-order valence-corrected chi connectivity index (χ4v) is 3.06. The van der Waals surface area contributed by atoms with E-state index >= 15 is 0 Å². The van der Waals surface area contributed by atoms with E-state index < -0.39 is 0 Å². The van der Waals surface area contributed by atoms with E-state index in [1.54, 1.807) is 14.2 Å². The SMILES string of the molecule is COc1ccc(OC)c(CCC(=O)NCc2cn3cc(Br)ccc3n2)c1. The highest BCUT2D eigenvalue weighted by Crippen LogP contribution is 2.25. The molecule has 0 bridgehead atoms. The van der Waals surface area contributed by atoms with Crippen LogP contribution in [0.15, 0.2) is 47.2 Å². The molecule has 0 saturated carbocycles. The van der Waals surface area contributed by atoms with Crippen LogP contribution in [0.3, 0.4) is 0 Å². The topological polar surface area (TPSA) is 64.9 Å². The Morgan fingerprint density at radius 3 is 2.81 bits per heavy atom. The van der Waals surface area contributed by atoms with E-state index in [1.807, 2.05) is 47.1 Å². The fourth-order valence-electron chi connectivity index (χ4n) is 2.71. The number of hydrogen-bond acceptors (Lipinski definition) is 4. The third-order valence-corrected chi connectivity index (χ3v) is 4.51. The number of benzene rings is 1. The van der Waals surface area contributed by atoms with Crippen molar-refractivity contribution >= 4 is 27.5 Å². The molecule has 1 N–H and O–H groups in total. The number of ether oxygens (including phenoxy) is 2. The first-order valence-corrected chi connectivity index (χ1v) is 8.99. The van der Waals surface area contributed by atoms with E-state index in [1.165, 1.54) is 0 Å². The molecule has 136 valence electrons. The molecule has 3 rings (SSSR count). The molecule has 2 aromatic heterocycles. The molecule has 3 aromatic rings. The molecule has 1 amide bonds. The van der Waals surface area contributed by atoms with E-state index in [2.05, 4.69) is 26.2 Å².